The standard InChI is InChI=1S/C32H43N7O3S/c1-4-34-26-20-28(42-16-8-15-39-13-5-6-14-39)27(41-3)19-24(26)30(33)35-23-11-12-25-29(18-23)43-32(37-25)38-31(40)36-22-10-7-9-21(2)17-22/h4,7,10-12,18-22,25,29,34H,1,5-6,8-9,13-17H2,2-3H3,(H2,33,35)(H2,36,37,38,40). The van der Waals surface area contributed by atoms with Crippen LogP contribution in [-0.2, 0) is 0 Å². The number of carbonyl (C=O) groups is 1. The number of ether oxygens (including phenoxy) is 2. The number of hydrogen-bond donors (Lipinski definition) is 4. The Bertz CT molecular complexity index is 1330. The maximum absolute atomic E-state index is 12.6. The molecule has 1 aromatic rings. The van der Waals surface area contributed by atoms with Crippen molar-refractivity contribution in [2.75, 3.05) is 38.7 Å². The molecule has 2 aliphatic carbocycles. The molecule has 2 amide bonds. The lowest BCUT2D eigenvalue weighted by molar-refractivity contribution is 0.241. The largest absolute Gasteiger partial charge is 0.493 e. The molecule has 0 bridgehead atoms. The molecule has 1 saturated heterocycles. The Morgan fingerprint density at radius 1 is 1.28 bits per heavy atom. The highest BCUT2D eigenvalue weighted by Crippen LogP contribution is 2.35. The number of fused-ring (bicyclic) bond motifs is 1. The Hall–Kier alpha value is -3.70. The molecule has 5 N–H and O–H groups in total. The SMILES string of the molecule is C=CNc1cc(OCCCN2CCCC2)c(OC)cc1C(N)=NC1=CC2SC(NC(=O)NC3C=CCC(C)C3)=NC2C=C1. The molecule has 230 valence electrons. The number of benzene rings is 1. The minimum absolute atomic E-state index is 0.0121. The molecule has 0 saturated carbocycles. The summed E-state index contributed by atoms with van der Waals surface area (Å²) in [5.41, 5.74) is 8.67. The number of nitrogens with two attached hydrogens (primary N) is 1. The predicted molar refractivity (Wildman–Crippen MR) is 176 cm³/mol. The van der Waals surface area contributed by atoms with Crippen LogP contribution in [0, 0.1) is 5.92 Å². The molecule has 1 fully saturated rings. The Kier molecular flexibility index (Phi) is 10.5. The number of amides is 2. The van der Waals surface area contributed by atoms with E-state index in [1.54, 1.807) is 13.3 Å². The maximum atomic E-state index is 12.6. The Balaban J connectivity index is 1.21. The fraction of sp³-hybridized carbons (Fsp3) is 0.469. The van der Waals surface area contributed by atoms with Gasteiger partial charge in [-0.05, 0) is 75.5 Å². The van der Waals surface area contributed by atoms with Crippen LogP contribution in [0.1, 0.15) is 44.6 Å². The van der Waals surface area contributed by atoms with E-state index >= 15 is 0 Å². The lowest BCUT2D eigenvalue weighted by Crippen LogP contribution is -2.44. The van der Waals surface area contributed by atoms with Crippen LogP contribution in [0.4, 0.5) is 10.5 Å². The van der Waals surface area contributed by atoms with Crippen LogP contribution in [0.2, 0.25) is 0 Å². The summed E-state index contributed by atoms with van der Waals surface area (Å²) in [7, 11) is 1.62. The Morgan fingerprint density at radius 3 is 2.88 bits per heavy atom. The number of rotatable bonds is 11. The van der Waals surface area contributed by atoms with E-state index in [2.05, 4.69) is 51.5 Å². The summed E-state index contributed by atoms with van der Waals surface area (Å²) in [5, 5.41) is 9.71. The summed E-state index contributed by atoms with van der Waals surface area (Å²) in [4.78, 5) is 24.5. The minimum atomic E-state index is -0.237. The van der Waals surface area contributed by atoms with Gasteiger partial charge in [-0.1, -0.05) is 43.5 Å². The van der Waals surface area contributed by atoms with Crippen LogP contribution in [0.15, 0.2) is 71.0 Å². The third kappa shape index (κ3) is 8.23. The summed E-state index contributed by atoms with van der Waals surface area (Å²) in [6.07, 6.45) is 17.2. The maximum Gasteiger partial charge on any atom is 0.321 e. The fourth-order valence-electron chi connectivity index (χ4n) is 5.72. The second-order valence-electron chi connectivity index (χ2n) is 11.3. The van der Waals surface area contributed by atoms with Gasteiger partial charge >= 0.3 is 6.03 Å². The molecule has 2 aliphatic heterocycles. The topological polar surface area (TPSA) is 126 Å². The first-order valence-electron chi connectivity index (χ1n) is 15.1. The van der Waals surface area contributed by atoms with Gasteiger partial charge in [0.25, 0.3) is 0 Å². The number of hydrogen-bond acceptors (Lipinski definition) is 8. The normalized spacial score (nSPS) is 25.0. The van der Waals surface area contributed by atoms with Crippen molar-refractivity contribution in [2.45, 2.75) is 56.4 Å². The molecule has 4 aliphatic rings. The van der Waals surface area contributed by atoms with Gasteiger partial charge in [0, 0.05) is 24.2 Å². The molecule has 2 heterocycles. The predicted octanol–water partition coefficient (Wildman–Crippen LogP) is 4.77. The molecule has 10 nitrogen and oxygen atoms in total. The van der Waals surface area contributed by atoms with E-state index in [0.717, 1.165) is 37.2 Å². The monoisotopic (exact) mass is 605 g/mol. The van der Waals surface area contributed by atoms with E-state index in [-0.39, 0.29) is 23.4 Å². The molecule has 4 unspecified atom stereocenters. The summed E-state index contributed by atoms with van der Waals surface area (Å²) < 4.78 is 11.8. The van der Waals surface area contributed by atoms with Gasteiger partial charge in [0.1, 0.15) is 5.84 Å². The number of nitrogens with zero attached hydrogens (tertiary/aromatic N) is 3. The number of likely N-dealkylation sites (tertiary alicyclic amines) is 1. The number of anilines is 1. The minimum Gasteiger partial charge on any atom is -0.493 e. The second-order valence-corrected chi connectivity index (χ2v) is 12.5. The smallest absolute Gasteiger partial charge is 0.321 e. The van der Waals surface area contributed by atoms with Gasteiger partial charge in [0.15, 0.2) is 16.7 Å². The van der Waals surface area contributed by atoms with Crippen molar-refractivity contribution in [1.82, 2.24) is 15.5 Å². The highest BCUT2D eigenvalue weighted by Gasteiger charge is 2.30. The van der Waals surface area contributed by atoms with Gasteiger partial charge in [-0.25, -0.2) is 9.79 Å². The first-order valence-corrected chi connectivity index (χ1v) is 16.0. The van der Waals surface area contributed by atoms with Gasteiger partial charge in [-0.3, -0.25) is 10.3 Å². The van der Waals surface area contributed by atoms with Crippen molar-refractivity contribution in [3.05, 3.63) is 66.6 Å². The number of thioether (sulfide) groups is 1. The second kappa shape index (κ2) is 14.7. The lowest BCUT2D eigenvalue weighted by atomic mass is 9.93. The fourth-order valence-corrected chi connectivity index (χ4v) is 6.81. The molecule has 5 rings (SSSR count). The number of allylic oxidation sites excluding steroid dienone is 2. The van der Waals surface area contributed by atoms with Crippen molar-refractivity contribution in [3.63, 3.8) is 0 Å². The molecule has 4 atom stereocenters. The summed E-state index contributed by atoms with van der Waals surface area (Å²) in [6.45, 7) is 9.99. The number of urea groups is 1. The van der Waals surface area contributed by atoms with Gasteiger partial charge in [0.2, 0.25) is 0 Å². The Morgan fingerprint density at radius 2 is 2.12 bits per heavy atom. The zero-order valence-corrected chi connectivity index (χ0v) is 25.9. The zero-order valence-electron chi connectivity index (χ0n) is 25.1. The highest BCUT2D eigenvalue weighted by molar-refractivity contribution is 8.14. The van der Waals surface area contributed by atoms with E-state index < -0.39 is 0 Å². The molecule has 11 heteroatoms. The van der Waals surface area contributed by atoms with Crippen LogP contribution in [0.3, 0.4) is 0 Å². The number of methoxy groups -OCH3 is 1. The van der Waals surface area contributed by atoms with E-state index in [0.29, 0.717) is 40.6 Å². The summed E-state index contributed by atoms with van der Waals surface area (Å²) >= 11 is 1.51. The number of carbonyl (C=O) groups excluding carboxylic acids is 1. The van der Waals surface area contributed by atoms with Crippen LogP contribution in [-0.4, -0.2) is 72.6 Å². The molecule has 0 aromatic heterocycles. The van der Waals surface area contributed by atoms with E-state index in [9.17, 15) is 4.79 Å². The van der Waals surface area contributed by atoms with Crippen molar-refractivity contribution in [3.8, 4) is 11.5 Å². The zero-order chi connectivity index (χ0) is 30.2. The molecular formula is C32H43N7O3S. The van der Waals surface area contributed by atoms with Gasteiger partial charge in [0.05, 0.1) is 36.4 Å². The number of nitrogens with one attached hydrogen (secondary N) is 3. The molecule has 43 heavy (non-hydrogen) atoms. The Labute approximate surface area is 258 Å². The number of aliphatic imine (C=N–C) groups is 2. The average Bonchev–Trinajstić information content (AvgIpc) is 3.65. The van der Waals surface area contributed by atoms with Crippen molar-refractivity contribution < 1.29 is 14.3 Å². The van der Waals surface area contributed by atoms with E-state index in [1.807, 2.05) is 30.4 Å². The molecule has 1 aromatic carbocycles. The van der Waals surface area contributed by atoms with Crippen LogP contribution < -0.4 is 31.2 Å². The molecular weight excluding hydrogens is 562 g/mol. The quantitative estimate of drug-likeness (QED) is 0.124. The first-order chi connectivity index (χ1) is 20.9. The third-order valence-electron chi connectivity index (χ3n) is 7.91. The molecule has 0 radical (unpaired) electrons. The average molecular weight is 606 g/mol. The van der Waals surface area contributed by atoms with Crippen molar-refractivity contribution >= 4 is 34.5 Å². The molecule has 0 spiro atoms. The number of amidine groups is 2. The van der Waals surface area contributed by atoms with Gasteiger partial charge in [-0.2, -0.15) is 0 Å². The van der Waals surface area contributed by atoms with Crippen molar-refractivity contribution in [2.24, 2.45) is 21.6 Å². The van der Waals surface area contributed by atoms with Gasteiger partial charge in [-0.15, -0.1) is 0 Å². The highest BCUT2D eigenvalue weighted by atomic mass is 32.2. The van der Waals surface area contributed by atoms with Crippen molar-refractivity contribution in [1.29, 1.82) is 0 Å². The van der Waals surface area contributed by atoms with E-state index in [4.69, 9.17) is 20.2 Å². The summed E-state index contributed by atoms with van der Waals surface area (Å²) in [6, 6.07) is 3.45. The van der Waals surface area contributed by atoms with Crippen LogP contribution in [0.25, 0.3) is 0 Å². The lowest BCUT2D eigenvalue weighted by Gasteiger charge is -2.22. The van der Waals surface area contributed by atoms with E-state index in [1.165, 1.54) is 37.7 Å². The first kappa shape index (κ1) is 30.7. The third-order valence-corrected chi connectivity index (χ3v) is 9.03. The van der Waals surface area contributed by atoms with Gasteiger partial charge < -0.3 is 30.7 Å². The van der Waals surface area contributed by atoms with Crippen LogP contribution in [0.5, 0.6) is 11.5 Å². The van der Waals surface area contributed by atoms with Crippen LogP contribution >= 0.6 is 11.8 Å². The summed E-state index contributed by atoms with van der Waals surface area (Å²) in [5.74, 6) is 2.11.